The van der Waals surface area contributed by atoms with Gasteiger partial charge in [0.05, 0.1) is 0 Å². The molecule has 0 amide bonds. The number of carboxylic acids is 1. The zero-order chi connectivity index (χ0) is 10.3. The van der Waals surface area contributed by atoms with Crippen LogP contribution in [0.15, 0.2) is 18.2 Å². The lowest BCUT2D eigenvalue weighted by Gasteiger charge is -1.92. The van der Waals surface area contributed by atoms with Gasteiger partial charge in [-0.1, -0.05) is 11.6 Å². The van der Waals surface area contributed by atoms with E-state index in [1.54, 1.807) is 0 Å². The first-order chi connectivity index (χ1) is 6.59. The second-order valence-electron chi connectivity index (χ2n) is 2.81. The molecule has 0 fully saturated rings. The van der Waals surface area contributed by atoms with Crippen LogP contribution in [-0.4, -0.2) is 16.1 Å². The van der Waals surface area contributed by atoms with Crippen LogP contribution in [0.25, 0.3) is 10.9 Å². The van der Waals surface area contributed by atoms with Gasteiger partial charge in [-0.15, -0.1) is 0 Å². The number of hydrogen-bond acceptors (Lipinski definition) is 1. The van der Waals surface area contributed by atoms with Gasteiger partial charge in [0.1, 0.15) is 16.5 Å². The lowest BCUT2D eigenvalue weighted by atomic mass is 10.2. The summed E-state index contributed by atoms with van der Waals surface area (Å²) in [5.41, 5.74) is 0.412. The predicted octanol–water partition coefficient (Wildman–Crippen LogP) is 2.66. The number of fused-ring (bicyclic) bond motifs is 1. The minimum Gasteiger partial charge on any atom is -0.478 e. The second-order valence-corrected chi connectivity index (χ2v) is 3.19. The summed E-state index contributed by atoms with van der Waals surface area (Å²) < 4.78 is 12.8. The van der Waals surface area contributed by atoms with Crippen molar-refractivity contribution in [2.45, 2.75) is 0 Å². The third-order valence-electron chi connectivity index (χ3n) is 1.93. The number of rotatable bonds is 1. The minimum atomic E-state index is -1.17. The Morgan fingerprint density at radius 3 is 2.86 bits per heavy atom. The Hall–Kier alpha value is -1.55. The summed E-state index contributed by atoms with van der Waals surface area (Å²) in [5, 5.41) is 9.11. The van der Waals surface area contributed by atoms with Gasteiger partial charge in [0.25, 0.3) is 0 Å². The van der Waals surface area contributed by atoms with Crippen molar-refractivity contribution in [1.29, 1.82) is 0 Å². The molecule has 1 aromatic carbocycles. The minimum absolute atomic E-state index is 0.0121. The van der Waals surface area contributed by atoms with Crippen LogP contribution in [0.4, 0.5) is 4.39 Å². The Bertz CT molecular complexity index is 521. The SMILES string of the molecule is O=C(O)c1c(Cl)[nH]c2ccc(F)cc12. The molecule has 0 aliphatic heterocycles. The zero-order valence-corrected chi connectivity index (χ0v) is 7.60. The molecule has 0 aliphatic carbocycles. The molecule has 3 nitrogen and oxygen atoms in total. The molecule has 2 N–H and O–H groups in total. The van der Waals surface area contributed by atoms with Crippen molar-refractivity contribution in [2.24, 2.45) is 0 Å². The number of carbonyl (C=O) groups is 1. The standard InChI is InChI=1S/C9H5ClFNO2/c10-8-7(9(13)14)5-3-4(11)1-2-6(5)12-8/h1-3,12H,(H,13,14). The van der Waals surface area contributed by atoms with Crippen LogP contribution in [0, 0.1) is 5.82 Å². The summed E-state index contributed by atoms with van der Waals surface area (Å²) in [6.07, 6.45) is 0. The van der Waals surface area contributed by atoms with Gasteiger partial charge in [-0.3, -0.25) is 0 Å². The maximum absolute atomic E-state index is 12.8. The monoisotopic (exact) mass is 213 g/mol. The Morgan fingerprint density at radius 1 is 1.50 bits per heavy atom. The van der Waals surface area contributed by atoms with Gasteiger partial charge in [0, 0.05) is 10.9 Å². The van der Waals surface area contributed by atoms with E-state index in [-0.39, 0.29) is 16.1 Å². The Kier molecular flexibility index (Phi) is 1.93. The quantitative estimate of drug-likeness (QED) is 0.765. The molecule has 72 valence electrons. The second kappa shape index (κ2) is 2.99. The first-order valence-electron chi connectivity index (χ1n) is 3.79. The van der Waals surface area contributed by atoms with Crippen LogP contribution in [0.1, 0.15) is 10.4 Å². The smallest absolute Gasteiger partial charge is 0.339 e. The van der Waals surface area contributed by atoms with Gasteiger partial charge >= 0.3 is 5.97 Å². The Morgan fingerprint density at radius 2 is 2.21 bits per heavy atom. The number of aromatic amines is 1. The highest BCUT2D eigenvalue weighted by Gasteiger charge is 2.16. The van der Waals surface area contributed by atoms with Crippen molar-refractivity contribution in [3.8, 4) is 0 Å². The summed E-state index contributed by atoms with van der Waals surface area (Å²) in [6.45, 7) is 0. The van der Waals surface area contributed by atoms with E-state index in [1.807, 2.05) is 0 Å². The molecule has 5 heteroatoms. The topological polar surface area (TPSA) is 53.1 Å². The summed E-state index contributed by atoms with van der Waals surface area (Å²) >= 11 is 5.66. The average molecular weight is 214 g/mol. The molecule has 0 saturated carbocycles. The predicted molar refractivity (Wildman–Crippen MR) is 50.2 cm³/mol. The normalized spacial score (nSPS) is 10.7. The van der Waals surface area contributed by atoms with Crippen LogP contribution >= 0.6 is 11.6 Å². The van der Waals surface area contributed by atoms with Crippen molar-refractivity contribution in [1.82, 2.24) is 4.98 Å². The molecule has 0 atom stereocenters. The van der Waals surface area contributed by atoms with E-state index in [9.17, 15) is 9.18 Å². The van der Waals surface area contributed by atoms with Crippen LogP contribution in [0.5, 0.6) is 0 Å². The van der Waals surface area contributed by atoms with Crippen molar-refractivity contribution in [3.63, 3.8) is 0 Å². The number of benzene rings is 1. The van der Waals surface area contributed by atoms with Crippen molar-refractivity contribution >= 4 is 28.5 Å². The Balaban J connectivity index is 2.86. The molecule has 0 saturated heterocycles. The van der Waals surface area contributed by atoms with Crippen LogP contribution in [0.2, 0.25) is 5.15 Å². The van der Waals surface area contributed by atoms with Crippen LogP contribution < -0.4 is 0 Å². The molecule has 0 bridgehead atoms. The molecule has 1 heterocycles. The average Bonchev–Trinajstić information content (AvgIpc) is 2.40. The van der Waals surface area contributed by atoms with Gasteiger partial charge in [-0.25, -0.2) is 9.18 Å². The number of halogens is 2. The van der Waals surface area contributed by atoms with Gasteiger partial charge in [-0.05, 0) is 18.2 Å². The van der Waals surface area contributed by atoms with E-state index >= 15 is 0 Å². The van der Waals surface area contributed by atoms with E-state index in [2.05, 4.69) is 4.98 Å². The maximum atomic E-state index is 12.8. The maximum Gasteiger partial charge on any atom is 0.339 e. The summed E-state index contributed by atoms with van der Waals surface area (Å²) in [7, 11) is 0. The highest BCUT2D eigenvalue weighted by atomic mass is 35.5. The molecule has 2 rings (SSSR count). The fraction of sp³-hybridized carbons (Fsp3) is 0. The summed E-state index contributed by atoms with van der Waals surface area (Å²) in [5.74, 6) is -1.66. The van der Waals surface area contributed by atoms with E-state index < -0.39 is 11.8 Å². The molecule has 1 aromatic heterocycles. The number of aromatic carboxylic acids is 1. The molecule has 0 unspecified atom stereocenters. The largest absolute Gasteiger partial charge is 0.478 e. The number of H-pyrrole nitrogens is 1. The van der Waals surface area contributed by atoms with Crippen molar-refractivity contribution < 1.29 is 14.3 Å². The van der Waals surface area contributed by atoms with Crippen molar-refractivity contribution in [3.05, 3.63) is 34.7 Å². The van der Waals surface area contributed by atoms with Crippen molar-refractivity contribution in [2.75, 3.05) is 0 Å². The lowest BCUT2D eigenvalue weighted by molar-refractivity contribution is 0.0699. The molecular formula is C9H5ClFNO2. The molecular weight excluding hydrogens is 209 g/mol. The number of aromatic nitrogens is 1. The fourth-order valence-electron chi connectivity index (χ4n) is 1.34. The van der Waals surface area contributed by atoms with E-state index in [1.165, 1.54) is 12.1 Å². The molecule has 14 heavy (non-hydrogen) atoms. The highest BCUT2D eigenvalue weighted by molar-refractivity contribution is 6.34. The molecule has 2 aromatic rings. The third-order valence-corrected chi connectivity index (χ3v) is 2.21. The fourth-order valence-corrected chi connectivity index (χ4v) is 1.62. The van der Waals surface area contributed by atoms with Crippen LogP contribution in [0.3, 0.4) is 0 Å². The molecule has 0 radical (unpaired) electrons. The lowest BCUT2D eigenvalue weighted by Crippen LogP contribution is -1.95. The first kappa shape index (κ1) is 9.02. The third kappa shape index (κ3) is 1.24. The summed E-state index contributed by atoms with van der Waals surface area (Å²) in [4.78, 5) is 13.4. The van der Waals surface area contributed by atoms with Gasteiger partial charge in [-0.2, -0.15) is 0 Å². The number of hydrogen-bond donors (Lipinski definition) is 2. The van der Waals surface area contributed by atoms with Gasteiger partial charge < -0.3 is 10.1 Å². The van der Waals surface area contributed by atoms with E-state index in [0.29, 0.717) is 5.52 Å². The molecule has 0 spiro atoms. The highest BCUT2D eigenvalue weighted by Crippen LogP contribution is 2.26. The zero-order valence-electron chi connectivity index (χ0n) is 6.84. The van der Waals surface area contributed by atoms with E-state index in [4.69, 9.17) is 16.7 Å². The number of carboxylic acid groups (broad SMARTS) is 1. The van der Waals surface area contributed by atoms with Crippen LogP contribution in [-0.2, 0) is 0 Å². The van der Waals surface area contributed by atoms with E-state index in [0.717, 1.165) is 6.07 Å². The molecule has 0 aliphatic rings. The van der Waals surface area contributed by atoms with Gasteiger partial charge in [0.2, 0.25) is 0 Å². The van der Waals surface area contributed by atoms with Gasteiger partial charge in [0.15, 0.2) is 0 Å². The summed E-state index contributed by atoms with van der Waals surface area (Å²) in [6, 6.07) is 3.82. The first-order valence-corrected chi connectivity index (χ1v) is 4.17. The number of nitrogens with one attached hydrogen (secondary N) is 1. The Labute approximate surface area is 83.1 Å².